The van der Waals surface area contributed by atoms with E-state index in [1.54, 1.807) is 0 Å². The van der Waals surface area contributed by atoms with Crippen molar-refractivity contribution in [2.24, 2.45) is 7.05 Å². The summed E-state index contributed by atoms with van der Waals surface area (Å²) < 4.78 is 7.66. The maximum atomic E-state index is 11.6. The maximum absolute atomic E-state index is 11.6. The van der Waals surface area contributed by atoms with Gasteiger partial charge in [-0.05, 0) is 30.0 Å². The predicted octanol–water partition coefficient (Wildman–Crippen LogP) is 2.82. The molecule has 5 nitrogen and oxygen atoms in total. The van der Waals surface area contributed by atoms with Gasteiger partial charge in [0.1, 0.15) is 0 Å². The maximum Gasteiger partial charge on any atom is 0.0928 e. The summed E-state index contributed by atoms with van der Waals surface area (Å²) in [7, 11) is 1.93. The summed E-state index contributed by atoms with van der Waals surface area (Å²) in [5.41, 5.74) is 2.41. The number of hydrogen-bond acceptors (Lipinski definition) is 4. The molecule has 2 saturated heterocycles. The Bertz CT molecular complexity index is 939. The van der Waals surface area contributed by atoms with Crippen LogP contribution in [0.4, 0.5) is 0 Å². The second-order valence-corrected chi connectivity index (χ2v) is 8.02. The Kier molecular flexibility index (Phi) is 4.04. The Balaban J connectivity index is 1.43. The third-order valence-electron chi connectivity index (χ3n) is 6.07. The van der Waals surface area contributed by atoms with Gasteiger partial charge in [0.15, 0.2) is 0 Å². The summed E-state index contributed by atoms with van der Waals surface area (Å²) in [6.07, 6.45) is 3.39. The topological polar surface area (TPSA) is 50.5 Å². The molecular formula is C22H25N3O2. The summed E-state index contributed by atoms with van der Waals surface area (Å²) in [6.45, 7) is 2.27. The highest BCUT2D eigenvalue weighted by molar-refractivity contribution is 5.79. The molecule has 0 spiro atoms. The van der Waals surface area contributed by atoms with E-state index in [0.717, 1.165) is 23.0 Å². The lowest BCUT2D eigenvalue weighted by Gasteiger charge is -2.52. The third kappa shape index (κ3) is 3.06. The quantitative estimate of drug-likeness (QED) is 0.777. The largest absolute Gasteiger partial charge is 0.385 e. The van der Waals surface area contributed by atoms with E-state index in [2.05, 4.69) is 58.5 Å². The minimum Gasteiger partial charge on any atom is -0.385 e. The van der Waals surface area contributed by atoms with Crippen LogP contribution in [0.1, 0.15) is 24.0 Å². The van der Waals surface area contributed by atoms with Crippen LogP contribution in [0.2, 0.25) is 0 Å². The molecule has 27 heavy (non-hydrogen) atoms. The van der Waals surface area contributed by atoms with Crippen molar-refractivity contribution in [2.45, 2.75) is 37.1 Å². The van der Waals surface area contributed by atoms with Gasteiger partial charge in [-0.25, -0.2) is 0 Å². The lowest BCUT2D eigenvalue weighted by Crippen LogP contribution is -2.60. The number of piperidine rings is 1. The second-order valence-electron chi connectivity index (χ2n) is 8.02. The summed E-state index contributed by atoms with van der Waals surface area (Å²) in [4.78, 5) is 2.52. The molecule has 3 heterocycles. The number of nitrogens with zero attached hydrogens (tertiary/aromatic N) is 3. The molecule has 2 atom stereocenters. The summed E-state index contributed by atoms with van der Waals surface area (Å²) in [5, 5.41) is 17.2. The highest BCUT2D eigenvalue weighted by Gasteiger charge is 2.46. The molecule has 0 radical (unpaired) electrons. The molecule has 5 rings (SSSR count). The average Bonchev–Trinajstić information content (AvgIpc) is 3.03. The SMILES string of the molecule is Cn1cc2ccc(C3(O)CC4COCC(C3)N4Cc3ccccc3)cc2n1. The van der Waals surface area contributed by atoms with Crippen molar-refractivity contribution in [1.82, 2.24) is 14.7 Å². The van der Waals surface area contributed by atoms with Crippen LogP contribution in [0.5, 0.6) is 0 Å². The molecule has 3 aromatic rings. The summed E-state index contributed by atoms with van der Waals surface area (Å²) in [5.74, 6) is 0. The number of aryl methyl sites for hydroxylation is 1. The Morgan fingerprint density at radius 1 is 1.11 bits per heavy atom. The zero-order valence-corrected chi connectivity index (χ0v) is 15.6. The predicted molar refractivity (Wildman–Crippen MR) is 104 cm³/mol. The first-order valence-electron chi connectivity index (χ1n) is 9.64. The smallest absolute Gasteiger partial charge is 0.0928 e. The zero-order chi connectivity index (χ0) is 18.4. The minimum absolute atomic E-state index is 0.224. The van der Waals surface area contributed by atoms with E-state index >= 15 is 0 Å². The van der Waals surface area contributed by atoms with E-state index in [-0.39, 0.29) is 12.1 Å². The van der Waals surface area contributed by atoms with Crippen LogP contribution in [0.15, 0.2) is 54.7 Å². The molecule has 2 aromatic carbocycles. The second kappa shape index (κ2) is 6.44. The molecule has 2 bridgehead atoms. The van der Waals surface area contributed by atoms with Crippen LogP contribution in [0.3, 0.4) is 0 Å². The van der Waals surface area contributed by atoms with Gasteiger partial charge in [-0.1, -0.05) is 42.5 Å². The monoisotopic (exact) mass is 363 g/mol. The van der Waals surface area contributed by atoms with Crippen molar-refractivity contribution in [2.75, 3.05) is 13.2 Å². The zero-order valence-electron chi connectivity index (χ0n) is 15.6. The number of aliphatic hydroxyl groups is 1. The molecular weight excluding hydrogens is 338 g/mol. The van der Waals surface area contributed by atoms with Crippen molar-refractivity contribution < 1.29 is 9.84 Å². The number of morpholine rings is 1. The summed E-state index contributed by atoms with van der Waals surface area (Å²) in [6, 6.07) is 17.2. The Morgan fingerprint density at radius 2 is 1.85 bits per heavy atom. The Hall–Kier alpha value is -2.21. The van der Waals surface area contributed by atoms with Crippen LogP contribution in [-0.2, 0) is 23.9 Å². The Labute approximate surface area is 159 Å². The first-order valence-corrected chi connectivity index (χ1v) is 9.64. The molecule has 2 unspecified atom stereocenters. The number of rotatable bonds is 3. The fourth-order valence-electron chi connectivity index (χ4n) is 4.76. The van der Waals surface area contributed by atoms with Gasteiger partial charge in [0.05, 0.1) is 24.3 Å². The van der Waals surface area contributed by atoms with Crippen LogP contribution >= 0.6 is 0 Å². The molecule has 2 aliphatic rings. The van der Waals surface area contributed by atoms with E-state index in [1.165, 1.54) is 5.56 Å². The number of aromatic nitrogens is 2. The normalized spacial score (nSPS) is 28.5. The van der Waals surface area contributed by atoms with Gasteiger partial charge in [-0.15, -0.1) is 0 Å². The van der Waals surface area contributed by atoms with Gasteiger partial charge in [0.25, 0.3) is 0 Å². The van der Waals surface area contributed by atoms with Crippen molar-refractivity contribution in [3.63, 3.8) is 0 Å². The average molecular weight is 363 g/mol. The highest BCUT2D eigenvalue weighted by Crippen LogP contribution is 2.42. The Morgan fingerprint density at radius 3 is 2.59 bits per heavy atom. The number of benzene rings is 2. The van der Waals surface area contributed by atoms with Gasteiger partial charge in [-0.2, -0.15) is 5.10 Å². The van der Waals surface area contributed by atoms with E-state index in [1.807, 2.05) is 17.9 Å². The van der Waals surface area contributed by atoms with Gasteiger partial charge in [0.2, 0.25) is 0 Å². The van der Waals surface area contributed by atoms with Crippen molar-refractivity contribution in [1.29, 1.82) is 0 Å². The fourth-order valence-corrected chi connectivity index (χ4v) is 4.76. The third-order valence-corrected chi connectivity index (χ3v) is 6.07. The van der Waals surface area contributed by atoms with Crippen LogP contribution < -0.4 is 0 Å². The number of ether oxygens (including phenoxy) is 1. The fraction of sp³-hybridized carbons (Fsp3) is 0.409. The minimum atomic E-state index is -0.821. The molecule has 0 amide bonds. The van der Waals surface area contributed by atoms with Crippen molar-refractivity contribution in [3.8, 4) is 0 Å². The molecule has 1 aromatic heterocycles. The number of hydrogen-bond donors (Lipinski definition) is 1. The molecule has 0 aliphatic carbocycles. The van der Waals surface area contributed by atoms with E-state index in [4.69, 9.17) is 4.74 Å². The molecule has 1 N–H and O–H groups in total. The standard InChI is InChI=1S/C22H25N3O2/c1-24-13-17-7-8-18(9-21(17)23-24)22(26)10-19-14-27-15-20(11-22)25(19)12-16-5-3-2-4-6-16/h2-9,13,19-20,26H,10-12,14-15H2,1H3. The van der Waals surface area contributed by atoms with Crippen LogP contribution in [0.25, 0.3) is 10.9 Å². The highest BCUT2D eigenvalue weighted by atomic mass is 16.5. The van der Waals surface area contributed by atoms with Gasteiger partial charge < -0.3 is 9.84 Å². The lowest BCUT2D eigenvalue weighted by molar-refractivity contribution is -0.149. The molecule has 140 valence electrons. The first-order chi connectivity index (χ1) is 13.1. The molecule has 2 fully saturated rings. The molecule has 5 heteroatoms. The lowest BCUT2D eigenvalue weighted by atomic mass is 9.76. The van der Waals surface area contributed by atoms with Gasteiger partial charge in [-0.3, -0.25) is 9.58 Å². The van der Waals surface area contributed by atoms with Crippen molar-refractivity contribution >= 4 is 10.9 Å². The molecule has 2 aliphatic heterocycles. The van der Waals surface area contributed by atoms with Crippen LogP contribution in [-0.4, -0.2) is 45.1 Å². The summed E-state index contributed by atoms with van der Waals surface area (Å²) >= 11 is 0. The van der Waals surface area contributed by atoms with E-state index < -0.39 is 5.60 Å². The van der Waals surface area contributed by atoms with Gasteiger partial charge >= 0.3 is 0 Å². The van der Waals surface area contributed by atoms with Crippen LogP contribution in [0, 0.1) is 0 Å². The van der Waals surface area contributed by atoms with Crippen molar-refractivity contribution in [3.05, 3.63) is 65.9 Å². The van der Waals surface area contributed by atoms with E-state index in [0.29, 0.717) is 26.1 Å². The first kappa shape index (κ1) is 16.9. The molecule has 0 saturated carbocycles. The number of fused-ring (bicyclic) bond motifs is 3. The van der Waals surface area contributed by atoms with E-state index in [9.17, 15) is 5.11 Å². The van der Waals surface area contributed by atoms with Gasteiger partial charge in [0, 0.05) is 37.3 Å².